The molecule has 3 nitrogen and oxygen atoms in total. The standard InChI is InChI=1S/C6H11N3Se.2BrH/c1-4-5(2-3-7)10-6(8)9-4;;/h2-3,7H2,1H3,(H2,8,9);2*1H. The van der Waals surface area contributed by atoms with Crippen LogP contribution in [0, 0.1) is 6.92 Å². The third-order valence-electron chi connectivity index (χ3n) is 1.28. The van der Waals surface area contributed by atoms with Gasteiger partial charge in [-0.25, -0.2) is 0 Å². The number of halogens is 2. The van der Waals surface area contributed by atoms with Gasteiger partial charge in [0.1, 0.15) is 0 Å². The summed E-state index contributed by atoms with van der Waals surface area (Å²) in [7, 11) is 0. The molecule has 0 atom stereocenters. The molecular formula is C6H13Br2N3Se. The van der Waals surface area contributed by atoms with Crippen LogP contribution < -0.4 is 11.5 Å². The Labute approximate surface area is 99.2 Å². The predicted molar refractivity (Wildman–Crippen MR) is 63.7 cm³/mol. The molecule has 0 amide bonds. The van der Waals surface area contributed by atoms with Crippen LogP contribution in [0.15, 0.2) is 0 Å². The Hall–Kier alpha value is 0.649. The van der Waals surface area contributed by atoms with Gasteiger partial charge in [-0.05, 0) is 0 Å². The number of nitrogens with zero attached hydrogens (tertiary/aromatic N) is 1. The molecule has 0 aromatic carbocycles. The number of hydrogen-bond donors (Lipinski definition) is 2. The molecule has 0 aliphatic carbocycles. The molecule has 6 heteroatoms. The number of hydrogen-bond acceptors (Lipinski definition) is 3. The molecule has 1 aromatic heterocycles. The van der Waals surface area contributed by atoms with E-state index in [-0.39, 0.29) is 34.0 Å². The molecule has 1 rings (SSSR count). The van der Waals surface area contributed by atoms with Gasteiger partial charge in [0.15, 0.2) is 0 Å². The zero-order valence-electron chi connectivity index (χ0n) is 6.74. The summed E-state index contributed by atoms with van der Waals surface area (Å²) < 4.78 is 2.14. The van der Waals surface area contributed by atoms with Crippen LogP contribution in [0.5, 0.6) is 0 Å². The Morgan fingerprint density at radius 2 is 2.00 bits per heavy atom. The van der Waals surface area contributed by atoms with E-state index < -0.39 is 0 Å². The van der Waals surface area contributed by atoms with Crippen LogP contribution in [0.1, 0.15) is 10.1 Å². The first-order valence-electron chi connectivity index (χ1n) is 3.16. The second kappa shape index (κ2) is 7.09. The van der Waals surface area contributed by atoms with Gasteiger partial charge < -0.3 is 0 Å². The van der Waals surface area contributed by atoms with E-state index in [9.17, 15) is 0 Å². The van der Waals surface area contributed by atoms with E-state index in [1.165, 1.54) is 4.44 Å². The Bertz CT molecular complexity index is 227. The van der Waals surface area contributed by atoms with Crippen molar-refractivity contribution in [3.63, 3.8) is 0 Å². The van der Waals surface area contributed by atoms with Crippen molar-refractivity contribution in [2.75, 3.05) is 12.3 Å². The second-order valence-corrected chi connectivity index (χ2v) is 4.44. The van der Waals surface area contributed by atoms with Gasteiger partial charge in [0.05, 0.1) is 0 Å². The molecule has 0 saturated carbocycles. The van der Waals surface area contributed by atoms with Gasteiger partial charge in [0.2, 0.25) is 0 Å². The van der Waals surface area contributed by atoms with Crippen molar-refractivity contribution in [1.82, 2.24) is 4.98 Å². The SMILES string of the molecule is Br.Br.Cc1nc(N)[se]c1CCN. The van der Waals surface area contributed by atoms with Crippen molar-refractivity contribution >= 4 is 53.2 Å². The molecule has 0 saturated heterocycles. The number of rotatable bonds is 2. The van der Waals surface area contributed by atoms with E-state index >= 15 is 0 Å². The van der Waals surface area contributed by atoms with Crippen molar-refractivity contribution in [3.05, 3.63) is 10.1 Å². The second-order valence-electron chi connectivity index (χ2n) is 2.10. The summed E-state index contributed by atoms with van der Waals surface area (Å²) in [5.74, 6) is 0. The minimum atomic E-state index is 0. The molecule has 72 valence electrons. The zero-order valence-corrected chi connectivity index (χ0v) is 11.9. The number of aryl methyl sites for hydroxylation is 1. The zero-order chi connectivity index (χ0) is 7.56. The molecule has 12 heavy (non-hydrogen) atoms. The topological polar surface area (TPSA) is 64.9 Å². The Morgan fingerprint density at radius 1 is 1.42 bits per heavy atom. The first-order chi connectivity index (χ1) is 4.74. The monoisotopic (exact) mass is 365 g/mol. The van der Waals surface area contributed by atoms with E-state index in [1.807, 2.05) is 6.92 Å². The number of aromatic nitrogens is 1. The third kappa shape index (κ3) is 4.05. The summed E-state index contributed by atoms with van der Waals surface area (Å²) in [4.78, 5) is 4.14. The van der Waals surface area contributed by atoms with Crippen LogP contribution in [0.25, 0.3) is 0 Å². The molecule has 0 fully saturated rings. The number of nitrogen functional groups attached to an aromatic ring is 1. The van der Waals surface area contributed by atoms with Gasteiger partial charge >= 0.3 is 65.7 Å². The Kier molecular flexibility index (Phi) is 8.94. The van der Waals surface area contributed by atoms with Crippen molar-refractivity contribution in [2.24, 2.45) is 5.73 Å². The van der Waals surface area contributed by atoms with Crippen LogP contribution in [0.2, 0.25) is 0 Å². The molecular weight excluding hydrogens is 353 g/mol. The van der Waals surface area contributed by atoms with Gasteiger partial charge in [0.25, 0.3) is 0 Å². The van der Waals surface area contributed by atoms with Gasteiger partial charge in [-0.15, -0.1) is 34.0 Å². The molecule has 0 aliphatic rings. The summed E-state index contributed by atoms with van der Waals surface area (Å²) in [6.07, 6.45) is 0.954. The molecule has 0 radical (unpaired) electrons. The van der Waals surface area contributed by atoms with Crippen LogP contribution in [-0.2, 0) is 6.42 Å². The van der Waals surface area contributed by atoms with Crippen molar-refractivity contribution in [3.8, 4) is 0 Å². The summed E-state index contributed by atoms with van der Waals surface area (Å²) >= 11 is 0.295. The van der Waals surface area contributed by atoms with Crippen molar-refractivity contribution in [1.29, 1.82) is 0 Å². The fourth-order valence-corrected chi connectivity index (χ4v) is 2.59. The van der Waals surface area contributed by atoms with E-state index in [2.05, 4.69) is 4.98 Å². The third-order valence-corrected chi connectivity index (χ3v) is 3.48. The van der Waals surface area contributed by atoms with Gasteiger partial charge in [-0.2, -0.15) is 0 Å². The fraction of sp³-hybridized carbons (Fsp3) is 0.500. The predicted octanol–water partition coefficient (Wildman–Crippen LogP) is 0.686. The molecule has 0 spiro atoms. The Balaban J connectivity index is 0. The summed E-state index contributed by atoms with van der Waals surface area (Å²) in [6, 6.07) is 0. The fourth-order valence-electron chi connectivity index (χ4n) is 0.814. The average Bonchev–Trinajstić information content (AvgIpc) is 2.13. The maximum atomic E-state index is 5.54. The first kappa shape index (κ1) is 15.1. The number of nitrogens with two attached hydrogens (primary N) is 2. The Morgan fingerprint density at radius 3 is 2.33 bits per heavy atom. The molecule has 1 heterocycles. The van der Waals surface area contributed by atoms with Crippen LogP contribution in [0.3, 0.4) is 0 Å². The average molecular weight is 366 g/mol. The van der Waals surface area contributed by atoms with E-state index in [4.69, 9.17) is 11.5 Å². The van der Waals surface area contributed by atoms with Crippen molar-refractivity contribution < 1.29 is 0 Å². The maximum absolute atomic E-state index is 5.54. The minimum absolute atomic E-state index is 0. The molecule has 1 aromatic rings. The summed E-state index contributed by atoms with van der Waals surface area (Å²) in [6.45, 7) is 2.70. The van der Waals surface area contributed by atoms with Crippen LogP contribution >= 0.6 is 34.0 Å². The van der Waals surface area contributed by atoms with Gasteiger partial charge in [-0.3, -0.25) is 0 Å². The van der Waals surface area contributed by atoms with Crippen LogP contribution in [-0.4, -0.2) is 26.0 Å². The van der Waals surface area contributed by atoms with Gasteiger partial charge in [-0.1, -0.05) is 0 Å². The van der Waals surface area contributed by atoms with Crippen molar-refractivity contribution in [2.45, 2.75) is 13.3 Å². The summed E-state index contributed by atoms with van der Waals surface area (Å²) in [5, 5.41) is 0. The summed E-state index contributed by atoms with van der Waals surface area (Å²) in [5.41, 5.74) is 12.0. The quantitative estimate of drug-likeness (QED) is 0.758. The molecule has 0 bridgehead atoms. The molecule has 0 unspecified atom stereocenters. The van der Waals surface area contributed by atoms with E-state index in [0.717, 1.165) is 16.8 Å². The van der Waals surface area contributed by atoms with Crippen LogP contribution in [0.4, 0.5) is 4.69 Å². The number of anilines is 1. The normalized spacial score (nSPS) is 8.50. The van der Waals surface area contributed by atoms with E-state index in [1.54, 1.807) is 0 Å². The van der Waals surface area contributed by atoms with E-state index in [0.29, 0.717) is 21.0 Å². The molecule has 4 N–H and O–H groups in total. The molecule has 0 aliphatic heterocycles. The van der Waals surface area contributed by atoms with Gasteiger partial charge in [0, 0.05) is 0 Å². The first-order valence-corrected chi connectivity index (χ1v) is 4.87.